The fourth-order valence-corrected chi connectivity index (χ4v) is 10.4. The van der Waals surface area contributed by atoms with E-state index in [9.17, 15) is 66.3 Å². The minimum absolute atomic E-state index is 0.0253. The van der Waals surface area contributed by atoms with Gasteiger partial charge in [0.2, 0.25) is 5.69 Å². The molecule has 0 spiro atoms. The third-order valence-corrected chi connectivity index (χ3v) is 14.8. The summed E-state index contributed by atoms with van der Waals surface area (Å²) < 4.78 is 148. The quantitative estimate of drug-likeness (QED) is 0.0408. The third-order valence-electron chi connectivity index (χ3n) is 11.5. The summed E-state index contributed by atoms with van der Waals surface area (Å²) in [4.78, 5) is 42.0. The molecule has 3 aliphatic heterocycles. The SMILES string of the molecule is COCCN1C(=CC=CC=CC2=[N+](CCOCCC(=O)ON3C(=O)CCC3=O)c3ccc(S(=O)(=O)O)cc3C2(C)CCCS(=O)(=O)O)C(C)(CCCS(=O)(=O)O)c2cc(S(=O)(=O)O)ccc21. The Morgan fingerprint density at radius 1 is 0.758 bits per heavy atom. The molecule has 2 amide bonds. The smallest absolute Gasteiger partial charge is 0.335 e. The predicted molar refractivity (Wildman–Crippen MR) is 237 cm³/mol. The Labute approximate surface area is 383 Å². The van der Waals surface area contributed by atoms with Gasteiger partial charge >= 0.3 is 5.97 Å². The van der Waals surface area contributed by atoms with Gasteiger partial charge in [-0.15, -0.1) is 5.06 Å². The Morgan fingerprint density at radius 3 is 1.91 bits per heavy atom. The molecule has 0 radical (unpaired) electrons. The Bertz CT molecular complexity index is 2810. The van der Waals surface area contributed by atoms with Crippen LogP contribution in [0.2, 0.25) is 0 Å². The van der Waals surface area contributed by atoms with Crippen molar-refractivity contribution in [2.45, 2.75) is 79.4 Å². The molecule has 0 aromatic heterocycles. The van der Waals surface area contributed by atoms with Crippen molar-refractivity contribution < 1.29 is 85.2 Å². The number of hydrogen-bond acceptors (Lipinski definition) is 15. The Morgan fingerprint density at radius 2 is 1.33 bits per heavy atom. The van der Waals surface area contributed by atoms with Gasteiger partial charge in [0.15, 0.2) is 12.3 Å². The van der Waals surface area contributed by atoms with Crippen molar-refractivity contribution in [2.24, 2.45) is 0 Å². The minimum atomic E-state index is -4.71. The topological polar surface area (TPSA) is 306 Å². The lowest BCUT2D eigenvalue weighted by atomic mass is 9.76. The number of imide groups is 1. The van der Waals surface area contributed by atoms with Crippen LogP contribution in [-0.4, -0.2) is 137 Å². The highest BCUT2D eigenvalue weighted by molar-refractivity contribution is 7.86. The first-order valence-electron chi connectivity index (χ1n) is 20.5. The zero-order valence-corrected chi connectivity index (χ0v) is 39.5. The average molecular weight is 1000 g/mol. The molecule has 2 aromatic carbocycles. The third kappa shape index (κ3) is 12.6. The lowest BCUT2D eigenvalue weighted by Gasteiger charge is -2.30. The number of anilines is 1. The van der Waals surface area contributed by atoms with Crippen molar-refractivity contribution in [1.82, 2.24) is 5.06 Å². The molecule has 0 aliphatic carbocycles. The summed E-state index contributed by atoms with van der Waals surface area (Å²) >= 11 is 0. The Hall–Kier alpha value is -4.70. The van der Waals surface area contributed by atoms with Crippen LogP contribution in [0.3, 0.4) is 0 Å². The summed E-state index contributed by atoms with van der Waals surface area (Å²) in [5.74, 6) is -3.36. The van der Waals surface area contributed by atoms with Crippen LogP contribution >= 0.6 is 0 Å². The van der Waals surface area contributed by atoms with Gasteiger partial charge in [-0.25, -0.2) is 4.79 Å². The van der Waals surface area contributed by atoms with E-state index in [1.807, 2.05) is 4.90 Å². The number of hydrogen-bond donors (Lipinski definition) is 4. The normalized spacial score (nSPS) is 21.0. The monoisotopic (exact) mass is 1000 g/mol. The molecule has 66 heavy (non-hydrogen) atoms. The van der Waals surface area contributed by atoms with E-state index >= 15 is 0 Å². The number of methoxy groups -OCH3 is 1. The molecule has 5 rings (SSSR count). The maximum Gasteiger partial charge on any atom is 0.335 e. The van der Waals surface area contributed by atoms with E-state index in [4.69, 9.17) is 14.3 Å². The van der Waals surface area contributed by atoms with Gasteiger partial charge in [0.25, 0.3) is 52.3 Å². The first-order valence-corrected chi connectivity index (χ1v) is 26.5. The minimum Gasteiger partial charge on any atom is -0.383 e. The highest BCUT2D eigenvalue weighted by atomic mass is 32.2. The van der Waals surface area contributed by atoms with Crippen molar-refractivity contribution in [2.75, 3.05) is 56.4 Å². The molecule has 362 valence electrons. The van der Waals surface area contributed by atoms with E-state index in [0.29, 0.717) is 39.0 Å². The molecule has 3 heterocycles. The zero-order chi connectivity index (χ0) is 48.9. The van der Waals surface area contributed by atoms with Crippen LogP contribution in [-0.2, 0) is 80.0 Å². The van der Waals surface area contributed by atoms with Crippen molar-refractivity contribution >= 4 is 75.3 Å². The largest absolute Gasteiger partial charge is 0.383 e. The number of allylic oxidation sites excluding steroid dienone is 6. The number of benzene rings is 2. The van der Waals surface area contributed by atoms with E-state index in [0.717, 1.165) is 0 Å². The van der Waals surface area contributed by atoms with E-state index in [2.05, 4.69) is 0 Å². The summed E-state index contributed by atoms with van der Waals surface area (Å²) in [6.45, 7) is 3.87. The standard InChI is InChI=1S/C41H51N3O18S4/c1-40(18-7-25-63(48,49)50)31-27-29(65(54,55)56)11-13-33(31)42(20-23-60-3)35(40)9-5-4-6-10-36-41(2,19-8-26-64(51,52)53)32-28-30(66(57,58)59)12-14-34(32)43(36)21-24-61-22-17-39(47)62-44-37(45)15-16-38(44)46/h4-6,9-14,27-28H,7-8,15-26H2,1-3H3,(H3-,48,49,50,51,52,53,54,55,56,57,58,59)/p+1. The summed E-state index contributed by atoms with van der Waals surface area (Å²) in [7, 11) is -16.6. The first kappa shape index (κ1) is 52.3. The number of fused-ring (bicyclic) bond motifs is 2. The van der Waals surface area contributed by atoms with Crippen LogP contribution in [0.5, 0.6) is 0 Å². The molecule has 1 saturated heterocycles. The van der Waals surface area contributed by atoms with Crippen molar-refractivity contribution in [3.8, 4) is 0 Å². The second kappa shape index (κ2) is 20.7. The second-order valence-corrected chi connectivity index (χ2v) is 22.1. The molecule has 1 fully saturated rings. The molecule has 21 nitrogen and oxygen atoms in total. The zero-order valence-electron chi connectivity index (χ0n) is 36.2. The van der Waals surface area contributed by atoms with Crippen LogP contribution in [0.1, 0.15) is 69.9 Å². The van der Waals surface area contributed by atoms with Crippen molar-refractivity contribution in [1.29, 1.82) is 0 Å². The molecule has 3 aliphatic rings. The number of carbonyl (C=O) groups is 3. The van der Waals surface area contributed by atoms with Gasteiger partial charge < -0.3 is 19.2 Å². The Balaban J connectivity index is 1.52. The van der Waals surface area contributed by atoms with E-state index in [1.54, 1.807) is 48.8 Å². The van der Waals surface area contributed by atoms with Gasteiger partial charge in [-0.05, 0) is 81.5 Å². The maximum absolute atomic E-state index is 12.4. The highest BCUT2D eigenvalue weighted by Gasteiger charge is 2.48. The molecule has 0 bridgehead atoms. The second-order valence-electron chi connectivity index (χ2n) is 16.1. The number of ether oxygens (including phenoxy) is 2. The molecular weight excluding hydrogens is 951 g/mol. The van der Waals surface area contributed by atoms with Crippen molar-refractivity contribution in [3.05, 3.63) is 83.6 Å². The molecular formula is C41H52N3O18S4+. The number of rotatable bonds is 23. The van der Waals surface area contributed by atoms with Gasteiger partial charge in [-0.2, -0.15) is 38.2 Å². The maximum atomic E-state index is 12.4. The van der Waals surface area contributed by atoms with Gasteiger partial charge in [-0.1, -0.05) is 18.2 Å². The van der Waals surface area contributed by atoms with Crippen LogP contribution in [0.4, 0.5) is 11.4 Å². The number of amides is 2. The molecule has 25 heteroatoms. The molecule has 2 unspecified atom stereocenters. The summed E-state index contributed by atoms with van der Waals surface area (Å²) in [5.41, 5.74) is 0.796. The van der Waals surface area contributed by atoms with Crippen LogP contribution in [0.25, 0.3) is 0 Å². The number of nitrogens with zero attached hydrogens (tertiary/aromatic N) is 3. The van der Waals surface area contributed by atoms with Crippen LogP contribution in [0.15, 0.2) is 82.3 Å². The van der Waals surface area contributed by atoms with E-state index < -0.39 is 85.5 Å². The van der Waals surface area contributed by atoms with Crippen molar-refractivity contribution in [3.63, 3.8) is 0 Å². The molecule has 2 atom stereocenters. The molecule has 4 N–H and O–H groups in total. The van der Waals surface area contributed by atoms with E-state index in [-0.39, 0.29) is 82.8 Å². The predicted octanol–water partition coefficient (Wildman–Crippen LogP) is 3.31. The van der Waals surface area contributed by atoms with Crippen LogP contribution < -0.4 is 4.90 Å². The van der Waals surface area contributed by atoms with Gasteiger partial charge in [-0.3, -0.25) is 27.8 Å². The highest BCUT2D eigenvalue weighted by Crippen LogP contribution is 2.51. The Kier molecular flexibility index (Phi) is 16.4. The molecule has 0 saturated carbocycles. The van der Waals surface area contributed by atoms with Crippen LogP contribution in [0, 0.1) is 0 Å². The van der Waals surface area contributed by atoms with E-state index in [1.165, 1.54) is 43.5 Å². The summed E-state index contributed by atoms with van der Waals surface area (Å²) in [6, 6.07) is 8.00. The number of carbonyl (C=O) groups excluding carboxylic acids is 3. The fourth-order valence-electron chi connectivity index (χ4n) is 8.37. The van der Waals surface area contributed by atoms with Gasteiger partial charge in [0.1, 0.15) is 6.61 Å². The summed E-state index contributed by atoms with van der Waals surface area (Å²) in [5, 5.41) is 0.421. The number of hydroxylamine groups is 2. The van der Waals surface area contributed by atoms with Gasteiger partial charge in [0, 0.05) is 61.0 Å². The lowest BCUT2D eigenvalue weighted by Crippen LogP contribution is -2.33. The average Bonchev–Trinajstić information content (AvgIpc) is 3.74. The molecule has 2 aromatic rings. The van der Waals surface area contributed by atoms with Gasteiger partial charge in [0.05, 0.1) is 46.3 Å². The lowest BCUT2D eigenvalue weighted by molar-refractivity contribution is -0.442. The summed E-state index contributed by atoms with van der Waals surface area (Å²) in [6.07, 6.45) is 7.96. The fraction of sp³-hybridized carbons (Fsp3) is 0.463. The first-order chi connectivity index (χ1) is 30.7.